The van der Waals surface area contributed by atoms with E-state index in [1.807, 2.05) is 0 Å². The summed E-state index contributed by atoms with van der Waals surface area (Å²) in [6.07, 6.45) is 11.9. The first-order valence-corrected chi connectivity index (χ1v) is 11.4. The number of likely N-dealkylation sites (tertiary alicyclic amines) is 1. The van der Waals surface area contributed by atoms with Crippen molar-refractivity contribution in [1.29, 1.82) is 0 Å². The lowest BCUT2D eigenvalue weighted by Crippen LogP contribution is -2.45. The highest BCUT2D eigenvalue weighted by atomic mass is 16.5. The zero-order valence-electron chi connectivity index (χ0n) is 17.4. The number of nitrogens with zero attached hydrogens (tertiary/aromatic N) is 2. The quantitative estimate of drug-likeness (QED) is 0.703. The molecule has 1 saturated heterocycles. The highest BCUT2D eigenvalue weighted by Crippen LogP contribution is 2.29. The number of piperidine rings is 1. The molecule has 0 atom stereocenters. The lowest BCUT2D eigenvalue weighted by Gasteiger charge is -2.35. The van der Waals surface area contributed by atoms with Gasteiger partial charge in [0.05, 0.1) is 18.8 Å². The Balaban J connectivity index is 1.24. The molecule has 0 unspecified atom stereocenters. The van der Waals surface area contributed by atoms with Crippen molar-refractivity contribution in [1.82, 2.24) is 9.80 Å². The summed E-state index contributed by atoms with van der Waals surface area (Å²) in [5.41, 5.74) is 2.51. The van der Waals surface area contributed by atoms with Crippen LogP contribution in [0.5, 0.6) is 0 Å². The van der Waals surface area contributed by atoms with Crippen molar-refractivity contribution in [3.63, 3.8) is 0 Å². The van der Waals surface area contributed by atoms with Gasteiger partial charge in [-0.2, -0.15) is 0 Å². The van der Waals surface area contributed by atoms with Gasteiger partial charge < -0.3 is 9.64 Å². The molecule has 4 nitrogen and oxygen atoms in total. The van der Waals surface area contributed by atoms with E-state index in [-0.39, 0.29) is 0 Å². The molecule has 1 heterocycles. The second kappa shape index (κ2) is 9.41. The van der Waals surface area contributed by atoms with E-state index in [1.165, 1.54) is 43.2 Å². The summed E-state index contributed by atoms with van der Waals surface area (Å²) >= 11 is 0. The van der Waals surface area contributed by atoms with Crippen LogP contribution in [0, 0.1) is 6.92 Å². The van der Waals surface area contributed by atoms with Gasteiger partial charge in [0.15, 0.2) is 0 Å². The van der Waals surface area contributed by atoms with Gasteiger partial charge in [0.2, 0.25) is 5.91 Å². The number of aryl methyl sites for hydroxylation is 1. The summed E-state index contributed by atoms with van der Waals surface area (Å²) < 4.78 is 6.35. The van der Waals surface area contributed by atoms with Gasteiger partial charge in [-0.1, -0.05) is 49.1 Å². The Morgan fingerprint density at radius 1 is 0.964 bits per heavy atom. The molecule has 3 fully saturated rings. The fourth-order valence-corrected chi connectivity index (χ4v) is 4.66. The first-order chi connectivity index (χ1) is 13.7. The second-order valence-electron chi connectivity index (χ2n) is 9.11. The zero-order chi connectivity index (χ0) is 19.3. The van der Waals surface area contributed by atoms with Gasteiger partial charge in [-0.3, -0.25) is 9.69 Å². The van der Waals surface area contributed by atoms with E-state index in [9.17, 15) is 4.79 Å². The SMILES string of the molecule is Cc1ccc(CN(C(=O)CN2CCC(OC3CCCCC3)CC2)C2CC2)cc1. The van der Waals surface area contributed by atoms with Crippen LogP contribution in [0.3, 0.4) is 0 Å². The van der Waals surface area contributed by atoms with E-state index in [4.69, 9.17) is 4.74 Å². The Hall–Kier alpha value is -1.39. The average molecular weight is 385 g/mol. The summed E-state index contributed by atoms with van der Waals surface area (Å²) in [6.45, 7) is 5.41. The van der Waals surface area contributed by atoms with Gasteiger partial charge in [0.25, 0.3) is 0 Å². The van der Waals surface area contributed by atoms with Crippen LogP contribution in [0.25, 0.3) is 0 Å². The minimum atomic E-state index is 0.301. The second-order valence-corrected chi connectivity index (χ2v) is 9.11. The maximum absolute atomic E-state index is 13.0. The predicted octanol–water partition coefficient (Wildman–Crippen LogP) is 4.30. The number of amides is 1. The molecule has 1 aliphatic heterocycles. The van der Waals surface area contributed by atoms with E-state index >= 15 is 0 Å². The van der Waals surface area contributed by atoms with Crippen LogP contribution in [-0.4, -0.2) is 53.6 Å². The topological polar surface area (TPSA) is 32.8 Å². The number of carbonyl (C=O) groups is 1. The van der Waals surface area contributed by atoms with Crippen LogP contribution in [0.2, 0.25) is 0 Å². The number of ether oxygens (including phenoxy) is 1. The van der Waals surface area contributed by atoms with E-state index in [2.05, 4.69) is 41.0 Å². The molecule has 1 aromatic rings. The number of hydrogen-bond acceptors (Lipinski definition) is 3. The predicted molar refractivity (Wildman–Crippen MR) is 112 cm³/mol. The first kappa shape index (κ1) is 19.9. The standard InChI is InChI=1S/C24H36N2O2/c1-19-7-9-20(10-8-19)17-26(21-11-12-21)24(27)18-25-15-13-23(14-16-25)28-22-5-3-2-4-6-22/h7-10,21-23H,2-6,11-18H2,1H3. The van der Waals surface area contributed by atoms with E-state index in [0.717, 1.165) is 45.3 Å². The highest BCUT2D eigenvalue weighted by molar-refractivity contribution is 5.79. The van der Waals surface area contributed by atoms with Gasteiger partial charge in [-0.25, -0.2) is 0 Å². The van der Waals surface area contributed by atoms with Crippen LogP contribution >= 0.6 is 0 Å². The molecule has 0 aromatic heterocycles. The third-order valence-corrected chi connectivity index (χ3v) is 6.61. The molecule has 1 aromatic carbocycles. The largest absolute Gasteiger partial charge is 0.375 e. The summed E-state index contributed by atoms with van der Waals surface area (Å²) in [4.78, 5) is 17.5. The van der Waals surface area contributed by atoms with Gasteiger partial charge in [0.1, 0.15) is 0 Å². The number of carbonyl (C=O) groups excluding carboxylic acids is 1. The number of hydrogen-bond donors (Lipinski definition) is 0. The fourth-order valence-electron chi connectivity index (χ4n) is 4.66. The maximum Gasteiger partial charge on any atom is 0.237 e. The van der Waals surface area contributed by atoms with Crippen molar-refractivity contribution < 1.29 is 9.53 Å². The van der Waals surface area contributed by atoms with Crippen molar-refractivity contribution in [2.24, 2.45) is 0 Å². The Labute approximate surface area is 170 Å². The minimum Gasteiger partial charge on any atom is -0.375 e. The summed E-state index contributed by atoms with van der Waals surface area (Å²) in [5, 5.41) is 0. The molecule has 0 N–H and O–H groups in total. The van der Waals surface area contributed by atoms with Crippen LogP contribution in [0.1, 0.15) is 68.9 Å². The minimum absolute atomic E-state index is 0.301. The monoisotopic (exact) mass is 384 g/mol. The van der Waals surface area contributed by atoms with Crippen molar-refractivity contribution in [2.75, 3.05) is 19.6 Å². The molecule has 28 heavy (non-hydrogen) atoms. The smallest absolute Gasteiger partial charge is 0.237 e. The zero-order valence-corrected chi connectivity index (χ0v) is 17.4. The normalized spacial score (nSPS) is 22.3. The average Bonchev–Trinajstić information content (AvgIpc) is 3.55. The molecule has 1 amide bonds. The lowest BCUT2D eigenvalue weighted by atomic mass is 9.97. The first-order valence-electron chi connectivity index (χ1n) is 11.4. The Kier molecular flexibility index (Phi) is 6.69. The Morgan fingerprint density at radius 3 is 2.25 bits per heavy atom. The maximum atomic E-state index is 13.0. The van der Waals surface area contributed by atoms with E-state index < -0.39 is 0 Å². The van der Waals surface area contributed by atoms with Crippen LogP contribution in [0.15, 0.2) is 24.3 Å². The molecule has 154 valence electrons. The van der Waals surface area contributed by atoms with Crippen molar-refractivity contribution in [2.45, 2.75) is 89.5 Å². The number of benzene rings is 1. The fraction of sp³-hybridized carbons (Fsp3) is 0.708. The van der Waals surface area contributed by atoms with Crippen molar-refractivity contribution in [3.05, 3.63) is 35.4 Å². The summed E-state index contributed by atoms with van der Waals surface area (Å²) in [5.74, 6) is 0.301. The molecular weight excluding hydrogens is 348 g/mol. The van der Waals surface area contributed by atoms with Crippen LogP contribution in [-0.2, 0) is 16.1 Å². The van der Waals surface area contributed by atoms with Gasteiger partial charge in [-0.15, -0.1) is 0 Å². The molecule has 2 saturated carbocycles. The Morgan fingerprint density at radius 2 is 1.61 bits per heavy atom. The molecule has 0 spiro atoms. The van der Waals surface area contributed by atoms with Crippen LogP contribution in [0.4, 0.5) is 0 Å². The van der Waals surface area contributed by atoms with Crippen molar-refractivity contribution in [3.8, 4) is 0 Å². The molecular formula is C24H36N2O2. The third kappa shape index (κ3) is 5.57. The highest BCUT2D eigenvalue weighted by Gasteiger charge is 2.34. The molecule has 4 heteroatoms. The summed E-state index contributed by atoms with van der Waals surface area (Å²) in [6, 6.07) is 9.06. The molecule has 0 radical (unpaired) electrons. The van der Waals surface area contributed by atoms with Gasteiger partial charge >= 0.3 is 0 Å². The molecule has 3 aliphatic rings. The van der Waals surface area contributed by atoms with Gasteiger partial charge in [-0.05, 0) is 51.0 Å². The number of rotatable bonds is 7. The van der Waals surface area contributed by atoms with Crippen molar-refractivity contribution >= 4 is 5.91 Å². The molecule has 2 aliphatic carbocycles. The third-order valence-electron chi connectivity index (χ3n) is 6.61. The molecule has 0 bridgehead atoms. The van der Waals surface area contributed by atoms with Gasteiger partial charge in [0, 0.05) is 25.7 Å². The summed E-state index contributed by atoms with van der Waals surface area (Å²) in [7, 11) is 0. The molecule has 4 rings (SSSR count). The Bertz CT molecular complexity index is 627. The lowest BCUT2D eigenvalue weighted by molar-refractivity contribution is -0.134. The van der Waals surface area contributed by atoms with Crippen LogP contribution < -0.4 is 0 Å². The van der Waals surface area contributed by atoms with E-state index in [1.54, 1.807) is 0 Å². The van der Waals surface area contributed by atoms with E-state index in [0.29, 0.717) is 30.7 Å².